The van der Waals surface area contributed by atoms with Crippen LogP contribution in [0, 0.1) is 0 Å². The van der Waals surface area contributed by atoms with Crippen LogP contribution in [0.5, 0.6) is 0 Å². The highest BCUT2D eigenvalue weighted by Crippen LogP contribution is 2.32. The van der Waals surface area contributed by atoms with Crippen molar-refractivity contribution in [2.75, 3.05) is 13.4 Å². The van der Waals surface area contributed by atoms with Gasteiger partial charge in [0, 0.05) is 6.26 Å². The summed E-state index contributed by atoms with van der Waals surface area (Å²) in [5.41, 5.74) is -0.126. The summed E-state index contributed by atoms with van der Waals surface area (Å²) in [5.74, 6) is -0.779. The molecule has 0 saturated carbocycles. The van der Waals surface area contributed by atoms with E-state index in [0.717, 1.165) is 13.4 Å². The first kappa shape index (κ1) is 13.3. The quantitative estimate of drug-likeness (QED) is 0.780. The molecule has 1 aromatic carbocycles. The van der Waals surface area contributed by atoms with Crippen molar-refractivity contribution < 1.29 is 17.9 Å². The standard InChI is InChI=1S/C9H8Cl2O4S/c1-15-9(12)5-3-4-6(10)7(11)8(5)16(2,13)14/h3-4H,1-2H3. The molecule has 0 aromatic heterocycles. The third-order valence-electron chi connectivity index (χ3n) is 1.83. The summed E-state index contributed by atoms with van der Waals surface area (Å²) in [6, 6.07) is 2.60. The van der Waals surface area contributed by atoms with E-state index in [1.807, 2.05) is 0 Å². The van der Waals surface area contributed by atoms with E-state index in [-0.39, 0.29) is 20.5 Å². The number of carbonyl (C=O) groups is 1. The molecule has 1 aromatic rings. The van der Waals surface area contributed by atoms with Crippen LogP contribution in [0.15, 0.2) is 17.0 Å². The van der Waals surface area contributed by atoms with Crippen LogP contribution in [0.2, 0.25) is 10.0 Å². The number of halogens is 2. The van der Waals surface area contributed by atoms with Crippen LogP contribution in [0.3, 0.4) is 0 Å². The molecular formula is C9H8Cl2O4S. The molecule has 0 aliphatic rings. The molecule has 0 bridgehead atoms. The number of esters is 1. The molecule has 0 saturated heterocycles. The maximum Gasteiger partial charge on any atom is 0.339 e. The number of carbonyl (C=O) groups excluding carboxylic acids is 1. The number of hydrogen-bond donors (Lipinski definition) is 0. The molecule has 88 valence electrons. The van der Waals surface area contributed by atoms with Crippen molar-refractivity contribution >= 4 is 39.0 Å². The summed E-state index contributed by atoms with van der Waals surface area (Å²) in [6.45, 7) is 0. The Balaban J connectivity index is 3.65. The van der Waals surface area contributed by atoms with Gasteiger partial charge in [-0.25, -0.2) is 13.2 Å². The van der Waals surface area contributed by atoms with Crippen molar-refractivity contribution in [3.8, 4) is 0 Å². The number of ether oxygens (including phenoxy) is 1. The number of sulfone groups is 1. The van der Waals surface area contributed by atoms with Gasteiger partial charge in [0.2, 0.25) is 0 Å². The Bertz CT molecular complexity index is 537. The van der Waals surface area contributed by atoms with Gasteiger partial charge in [-0.15, -0.1) is 0 Å². The Labute approximate surface area is 103 Å². The van der Waals surface area contributed by atoms with E-state index in [1.54, 1.807) is 0 Å². The highest BCUT2D eigenvalue weighted by molar-refractivity contribution is 7.91. The van der Waals surface area contributed by atoms with Crippen molar-refractivity contribution in [3.63, 3.8) is 0 Å². The topological polar surface area (TPSA) is 60.4 Å². The molecule has 16 heavy (non-hydrogen) atoms. The van der Waals surface area contributed by atoms with Gasteiger partial charge in [0.25, 0.3) is 0 Å². The molecule has 0 spiro atoms. The van der Waals surface area contributed by atoms with Gasteiger partial charge in [-0.2, -0.15) is 0 Å². The minimum absolute atomic E-state index is 0.0646. The highest BCUT2D eigenvalue weighted by atomic mass is 35.5. The summed E-state index contributed by atoms with van der Waals surface area (Å²) in [4.78, 5) is 11.0. The van der Waals surface area contributed by atoms with Crippen molar-refractivity contribution in [1.82, 2.24) is 0 Å². The largest absolute Gasteiger partial charge is 0.465 e. The number of methoxy groups -OCH3 is 1. The van der Waals surface area contributed by atoms with Gasteiger partial charge in [-0.05, 0) is 12.1 Å². The van der Waals surface area contributed by atoms with E-state index in [0.29, 0.717) is 0 Å². The first-order valence-corrected chi connectivity index (χ1v) is 6.70. The van der Waals surface area contributed by atoms with Crippen LogP contribution in [-0.4, -0.2) is 27.8 Å². The van der Waals surface area contributed by atoms with Crippen LogP contribution in [-0.2, 0) is 14.6 Å². The second-order valence-corrected chi connectivity index (χ2v) is 5.74. The van der Waals surface area contributed by atoms with Crippen LogP contribution < -0.4 is 0 Å². The number of benzene rings is 1. The van der Waals surface area contributed by atoms with Crippen LogP contribution in [0.4, 0.5) is 0 Å². The van der Waals surface area contributed by atoms with E-state index in [4.69, 9.17) is 23.2 Å². The van der Waals surface area contributed by atoms with Gasteiger partial charge in [0.15, 0.2) is 9.84 Å². The number of rotatable bonds is 2. The second-order valence-electron chi connectivity index (χ2n) is 3.00. The van der Waals surface area contributed by atoms with Crippen LogP contribution >= 0.6 is 23.2 Å². The average molecular weight is 283 g/mol. The molecule has 0 fully saturated rings. The zero-order chi connectivity index (χ0) is 12.5. The Morgan fingerprint density at radius 1 is 1.31 bits per heavy atom. The Hall–Kier alpha value is -0.780. The normalized spacial score (nSPS) is 11.2. The third-order valence-corrected chi connectivity index (χ3v) is 3.91. The predicted molar refractivity (Wildman–Crippen MR) is 60.9 cm³/mol. The molecule has 0 aliphatic heterocycles. The lowest BCUT2D eigenvalue weighted by Gasteiger charge is -2.09. The lowest BCUT2D eigenvalue weighted by Crippen LogP contribution is -2.10. The molecule has 0 atom stereocenters. The van der Waals surface area contributed by atoms with Crippen LogP contribution in [0.1, 0.15) is 10.4 Å². The maximum atomic E-state index is 11.5. The fourth-order valence-corrected chi connectivity index (χ4v) is 2.95. The van der Waals surface area contributed by atoms with Gasteiger partial charge in [-0.1, -0.05) is 23.2 Å². The third kappa shape index (κ3) is 2.48. The summed E-state index contributed by atoms with van der Waals surface area (Å²) in [7, 11) is -2.51. The molecule has 0 radical (unpaired) electrons. The minimum atomic E-state index is -3.66. The summed E-state index contributed by atoms with van der Waals surface area (Å²) >= 11 is 11.5. The van der Waals surface area contributed by atoms with Gasteiger partial charge >= 0.3 is 5.97 Å². The smallest absolute Gasteiger partial charge is 0.339 e. The first-order chi connectivity index (χ1) is 7.29. The van der Waals surface area contributed by atoms with E-state index in [1.165, 1.54) is 12.1 Å². The minimum Gasteiger partial charge on any atom is -0.465 e. The maximum absolute atomic E-state index is 11.5. The monoisotopic (exact) mass is 282 g/mol. The summed E-state index contributed by atoms with van der Waals surface area (Å²) in [5, 5.41) is -0.109. The molecule has 1 rings (SSSR count). The highest BCUT2D eigenvalue weighted by Gasteiger charge is 2.24. The van der Waals surface area contributed by atoms with Gasteiger partial charge in [0.05, 0.1) is 22.7 Å². The van der Waals surface area contributed by atoms with Crippen LogP contribution in [0.25, 0.3) is 0 Å². The summed E-state index contributed by atoms with van der Waals surface area (Å²) < 4.78 is 27.5. The van der Waals surface area contributed by atoms with Crippen molar-refractivity contribution in [3.05, 3.63) is 27.7 Å². The molecule has 0 amide bonds. The molecule has 4 nitrogen and oxygen atoms in total. The van der Waals surface area contributed by atoms with E-state index < -0.39 is 15.8 Å². The fraction of sp³-hybridized carbons (Fsp3) is 0.222. The Morgan fingerprint density at radius 3 is 2.31 bits per heavy atom. The SMILES string of the molecule is COC(=O)c1ccc(Cl)c(Cl)c1S(C)(=O)=O. The van der Waals surface area contributed by atoms with Crippen molar-refractivity contribution in [2.45, 2.75) is 4.90 Å². The zero-order valence-corrected chi connectivity index (χ0v) is 10.8. The van der Waals surface area contributed by atoms with Gasteiger partial charge < -0.3 is 4.74 Å². The van der Waals surface area contributed by atoms with Gasteiger partial charge in [-0.3, -0.25) is 0 Å². The molecule has 0 unspecified atom stereocenters. The van der Waals surface area contributed by atoms with Gasteiger partial charge in [0.1, 0.15) is 4.90 Å². The predicted octanol–water partition coefficient (Wildman–Crippen LogP) is 2.18. The Kier molecular flexibility index (Phi) is 3.83. The first-order valence-electron chi connectivity index (χ1n) is 4.05. The zero-order valence-electron chi connectivity index (χ0n) is 8.45. The molecule has 7 heteroatoms. The van der Waals surface area contributed by atoms with Crippen molar-refractivity contribution in [2.24, 2.45) is 0 Å². The second kappa shape index (κ2) is 4.61. The summed E-state index contributed by atoms with van der Waals surface area (Å²) in [6.07, 6.45) is 0.941. The molecular weight excluding hydrogens is 275 g/mol. The lowest BCUT2D eigenvalue weighted by atomic mass is 10.2. The molecule has 0 heterocycles. The van der Waals surface area contributed by atoms with Crippen molar-refractivity contribution in [1.29, 1.82) is 0 Å². The van der Waals surface area contributed by atoms with E-state index >= 15 is 0 Å². The number of hydrogen-bond acceptors (Lipinski definition) is 4. The van der Waals surface area contributed by atoms with E-state index in [2.05, 4.69) is 4.74 Å². The molecule has 0 aliphatic carbocycles. The Morgan fingerprint density at radius 2 is 1.88 bits per heavy atom. The molecule has 0 N–H and O–H groups in total. The fourth-order valence-electron chi connectivity index (χ4n) is 1.17. The average Bonchev–Trinajstić information content (AvgIpc) is 2.18. The van der Waals surface area contributed by atoms with E-state index in [9.17, 15) is 13.2 Å². The lowest BCUT2D eigenvalue weighted by molar-refractivity contribution is 0.0596.